The first kappa shape index (κ1) is 3.19. The molecule has 1 aliphatic rings. The summed E-state index contributed by atoms with van der Waals surface area (Å²) in [6.07, 6.45) is 0. The Morgan fingerprint density at radius 2 is 0.550 bits per heavy atom. The van der Waals surface area contributed by atoms with Gasteiger partial charge >= 0.3 is 42.8 Å². The van der Waals surface area contributed by atoms with Crippen LogP contribution in [0.2, 0.25) is 64.8 Å². The van der Waals surface area contributed by atoms with Crippen molar-refractivity contribution in [2.45, 2.75) is 64.8 Å². The van der Waals surface area contributed by atoms with E-state index in [4.69, 9.17) is 61.7 Å². The van der Waals surface area contributed by atoms with Gasteiger partial charge in [-0.05, 0) is 64.8 Å². The maximum atomic E-state index is 8.12. The van der Waals surface area contributed by atoms with E-state index in [9.17, 15) is 0 Å². The second kappa shape index (κ2) is 5.51. The molecule has 5 nitrogen and oxygen atoms in total. The summed E-state index contributed by atoms with van der Waals surface area (Å²) in [6, 6.07) is 0. The Hall–Kier alpha value is 0.884. The highest BCUT2D eigenvalue weighted by Crippen LogP contribution is 2.30. The SMILES string of the molecule is [2H]C([2H])([2H])[Si]1(C([2H])([2H])[2H])O[Si](C([2H])([2H])[2H])(C([2H])([2H])[2H])O[Si](C([2H])([2H])[2H])(C([2H])([2H])[2H])O[Si](C([2H])([2H])[2H])(C([2H])([2H])[2H])O[Si](C([2H])([2H])[2H])(C([2H])([2H])[2H])O1. The second-order valence-corrected chi connectivity index (χ2v) is 13.8. The molecule has 1 saturated heterocycles. The first-order valence-corrected chi connectivity index (χ1v) is 13.6. The van der Waals surface area contributed by atoms with E-state index >= 15 is 0 Å². The monoisotopic (exact) mass is 400 g/mol. The molecular weight excluding hydrogens is 341 g/mol. The Kier molecular flexibility index (Phi) is 0.878. The van der Waals surface area contributed by atoms with E-state index < -0.39 is 108 Å². The molecule has 0 aromatic rings. The van der Waals surface area contributed by atoms with Crippen molar-refractivity contribution in [3.63, 3.8) is 0 Å². The summed E-state index contributed by atoms with van der Waals surface area (Å²) in [5, 5.41) is 0. The zero-order chi connectivity index (χ0) is 41.0. The van der Waals surface area contributed by atoms with Crippen LogP contribution in [0, 0.1) is 0 Å². The molecule has 0 N–H and O–H groups in total. The minimum atomic E-state index is -7.61. The van der Waals surface area contributed by atoms with E-state index in [1.807, 2.05) is 0 Å². The lowest BCUT2D eigenvalue weighted by atomic mass is 11.9. The molecule has 0 atom stereocenters. The highest BCUT2D eigenvalue weighted by molar-refractivity contribution is 6.92. The van der Waals surface area contributed by atoms with Gasteiger partial charge in [0.1, 0.15) is 0 Å². The summed E-state index contributed by atoms with van der Waals surface area (Å²) in [5.74, 6) is 0. The number of hydrogen-bond acceptors (Lipinski definition) is 5. The minimum absolute atomic E-state index is 4.71. The summed E-state index contributed by atoms with van der Waals surface area (Å²) < 4.78 is 269. The lowest BCUT2D eigenvalue weighted by Gasteiger charge is -2.46. The van der Waals surface area contributed by atoms with E-state index in [-0.39, 0.29) is 0 Å². The lowest BCUT2D eigenvalue weighted by molar-refractivity contribution is 0.239. The van der Waals surface area contributed by atoms with Crippen molar-refractivity contribution in [1.29, 1.82) is 0 Å². The van der Waals surface area contributed by atoms with Crippen LogP contribution in [0.15, 0.2) is 0 Å². The van der Waals surface area contributed by atoms with Crippen molar-refractivity contribution in [2.24, 2.45) is 0 Å². The molecule has 0 spiro atoms. The summed E-state index contributed by atoms with van der Waals surface area (Å²) in [7, 11) is -38.0. The van der Waals surface area contributed by atoms with Crippen molar-refractivity contribution in [2.75, 3.05) is 0 Å². The Bertz CT molecular complexity index is 911. The molecule has 1 rings (SSSR count). The third-order valence-corrected chi connectivity index (χ3v) is 12.9. The van der Waals surface area contributed by atoms with Crippen molar-refractivity contribution < 1.29 is 61.7 Å². The molecule has 120 valence electrons. The van der Waals surface area contributed by atoms with Crippen molar-refractivity contribution >= 4 is 42.8 Å². The summed E-state index contributed by atoms with van der Waals surface area (Å²) in [4.78, 5) is 0. The van der Waals surface area contributed by atoms with E-state index in [0.29, 0.717) is 0 Å². The molecule has 0 saturated carbocycles. The maximum Gasteiger partial charge on any atom is 0.314 e. The number of hydrogen-bond donors (Lipinski definition) is 0. The van der Waals surface area contributed by atoms with Crippen LogP contribution in [0.1, 0.15) is 41.1 Å². The van der Waals surface area contributed by atoms with Crippen LogP contribution in [-0.4, -0.2) is 42.8 Å². The van der Waals surface area contributed by atoms with Gasteiger partial charge in [0.25, 0.3) is 0 Å². The molecule has 0 unspecified atom stereocenters. The fraction of sp³-hybridized carbons (Fsp3) is 1.00. The van der Waals surface area contributed by atoms with E-state index in [0.717, 1.165) is 0 Å². The van der Waals surface area contributed by atoms with E-state index in [1.165, 1.54) is 0 Å². The van der Waals surface area contributed by atoms with Gasteiger partial charge in [-0.15, -0.1) is 0 Å². The first-order chi connectivity index (χ1) is 21.0. The van der Waals surface area contributed by atoms with Crippen LogP contribution in [0.3, 0.4) is 0 Å². The van der Waals surface area contributed by atoms with Crippen LogP contribution in [0.25, 0.3) is 0 Å². The maximum absolute atomic E-state index is 8.12. The van der Waals surface area contributed by atoms with Crippen LogP contribution >= 0.6 is 0 Å². The van der Waals surface area contributed by atoms with Gasteiger partial charge in [0.05, 0.1) is 0 Å². The average Bonchev–Trinajstić information content (AvgIpc) is 2.72. The Morgan fingerprint density at radius 3 is 0.650 bits per heavy atom. The molecule has 1 fully saturated rings. The van der Waals surface area contributed by atoms with Crippen molar-refractivity contribution in [1.82, 2.24) is 0 Å². The first-order valence-electron chi connectivity index (χ1n) is 19.5. The van der Waals surface area contributed by atoms with Gasteiger partial charge in [0, 0.05) is 41.1 Å². The predicted molar refractivity (Wildman–Crippen MR) is 92.8 cm³/mol. The van der Waals surface area contributed by atoms with Gasteiger partial charge < -0.3 is 20.6 Å². The van der Waals surface area contributed by atoms with Gasteiger partial charge in [0.2, 0.25) is 0 Å². The fourth-order valence-electron chi connectivity index (χ4n) is 1.12. The molecule has 0 aromatic carbocycles. The van der Waals surface area contributed by atoms with E-state index in [2.05, 4.69) is 0 Å². The summed E-state index contributed by atoms with van der Waals surface area (Å²) in [6.45, 7) is -47.1. The summed E-state index contributed by atoms with van der Waals surface area (Å²) >= 11 is 0. The third kappa shape index (κ3) is 6.33. The Balaban J connectivity index is 5.40. The lowest BCUT2D eigenvalue weighted by Crippen LogP contribution is -2.64. The van der Waals surface area contributed by atoms with Crippen LogP contribution in [0.4, 0.5) is 0 Å². The zero-order valence-corrected chi connectivity index (χ0v) is 14.5. The third-order valence-electron chi connectivity index (χ3n) is 1.44. The van der Waals surface area contributed by atoms with Gasteiger partial charge in [-0.2, -0.15) is 0 Å². The average molecular weight is 401 g/mol. The van der Waals surface area contributed by atoms with Crippen molar-refractivity contribution in [3.05, 3.63) is 0 Å². The van der Waals surface area contributed by atoms with Gasteiger partial charge in [-0.3, -0.25) is 0 Å². The molecule has 1 heterocycles. The topological polar surface area (TPSA) is 46.2 Å². The van der Waals surface area contributed by atoms with Crippen LogP contribution in [-0.2, 0) is 20.6 Å². The Morgan fingerprint density at radius 1 is 0.400 bits per heavy atom. The Labute approximate surface area is 171 Å². The van der Waals surface area contributed by atoms with E-state index in [1.54, 1.807) is 0 Å². The van der Waals surface area contributed by atoms with Crippen molar-refractivity contribution in [3.8, 4) is 0 Å². The quantitative estimate of drug-likeness (QED) is 0.581. The molecule has 0 bridgehead atoms. The molecule has 1 aliphatic heterocycles. The smallest absolute Gasteiger partial charge is 0.314 e. The molecule has 20 heavy (non-hydrogen) atoms. The molecule has 10 heteroatoms. The second-order valence-electron chi connectivity index (χ2n) is 3.59. The summed E-state index contributed by atoms with van der Waals surface area (Å²) in [5.41, 5.74) is 0. The van der Waals surface area contributed by atoms with Gasteiger partial charge in [-0.1, -0.05) is 0 Å². The minimum Gasteiger partial charge on any atom is -0.416 e. The van der Waals surface area contributed by atoms with Gasteiger partial charge in [-0.25, -0.2) is 0 Å². The fourth-order valence-corrected chi connectivity index (χ4v) is 11.9. The molecule has 0 radical (unpaired) electrons. The highest BCUT2D eigenvalue weighted by Gasteiger charge is 2.50. The predicted octanol–water partition coefficient (Wildman–Crippen LogP) is 3.59. The van der Waals surface area contributed by atoms with Gasteiger partial charge in [0.15, 0.2) is 0 Å². The molecule has 0 aromatic heterocycles. The zero-order valence-electron chi connectivity index (χ0n) is 39.5. The molecule has 0 amide bonds. The van der Waals surface area contributed by atoms with Crippen LogP contribution < -0.4 is 0 Å². The molecular formula is C10H30O5Si5. The number of rotatable bonds is 0. The normalized spacial score (nSPS) is 60.0. The highest BCUT2D eigenvalue weighted by atomic mass is 28.5. The standard InChI is InChI=1S/C10H30O5Si5/c1-16(2)11-17(3,4)13-19(7,8)15-20(9,10)14-18(5,6)12-16/h1-10H3/i1D3,2D3,3D3,4D3,5D3,6D3,7D3,8D3,9D3,10D3. The largest absolute Gasteiger partial charge is 0.416 e. The van der Waals surface area contributed by atoms with Crippen LogP contribution in [0.5, 0.6) is 0 Å². The molecule has 0 aliphatic carbocycles.